The second-order valence-corrected chi connectivity index (χ2v) is 8.81. The zero-order valence-corrected chi connectivity index (χ0v) is 20.6. The number of methoxy groups -OCH3 is 2. The molecule has 4 rings (SSSR count). The van der Waals surface area contributed by atoms with Crippen LogP contribution in [0.15, 0.2) is 102 Å². The van der Waals surface area contributed by atoms with Crippen molar-refractivity contribution < 1.29 is 19.1 Å². The van der Waals surface area contributed by atoms with E-state index in [0.29, 0.717) is 28.6 Å². The van der Waals surface area contributed by atoms with Crippen molar-refractivity contribution in [2.45, 2.75) is 10.1 Å². The number of nitrogens with zero attached hydrogens (tertiary/aromatic N) is 1. The molecule has 8 heteroatoms. The number of ether oxygens (including phenoxy) is 2. The number of pyridine rings is 1. The zero-order chi connectivity index (χ0) is 25.3. The van der Waals surface area contributed by atoms with Gasteiger partial charge in [0, 0.05) is 16.8 Å². The molecule has 182 valence electrons. The van der Waals surface area contributed by atoms with Crippen molar-refractivity contribution >= 4 is 35.1 Å². The lowest BCUT2D eigenvalue weighted by Crippen LogP contribution is -2.19. The quantitative estimate of drug-likeness (QED) is 0.282. The molecule has 7 nitrogen and oxygen atoms in total. The third kappa shape index (κ3) is 6.03. The Balaban J connectivity index is 1.50. The predicted molar refractivity (Wildman–Crippen MR) is 142 cm³/mol. The molecule has 2 N–H and O–H groups in total. The molecule has 0 aliphatic carbocycles. The van der Waals surface area contributed by atoms with Crippen LogP contribution < -0.4 is 20.1 Å². The molecule has 0 aliphatic heterocycles. The van der Waals surface area contributed by atoms with E-state index in [2.05, 4.69) is 15.6 Å². The van der Waals surface area contributed by atoms with Gasteiger partial charge in [-0.3, -0.25) is 9.59 Å². The van der Waals surface area contributed by atoms with Crippen LogP contribution in [0.3, 0.4) is 0 Å². The van der Waals surface area contributed by atoms with Gasteiger partial charge in [0.25, 0.3) is 5.91 Å². The summed E-state index contributed by atoms with van der Waals surface area (Å²) in [5, 5.41) is 5.27. The number of rotatable bonds is 9. The molecule has 1 aromatic heterocycles. The van der Waals surface area contributed by atoms with Crippen LogP contribution in [0.5, 0.6) is 11.5 Å². The Morgan fingerprint density at radius 3 is 2.06 bits per heavy atom. The van der Waals surface area contributed by atoms with Gasteiger partial charge in [-0.25, -0.2) is 4.98 Å². The summed E-state index contributed by atoms with van der Waals surface area (Å²) in [7, 11) is 3.01. The fraction of sp³-hybridized carbons (Fsp3) is 0.107. The van der Waals surface area contributed by atoms with E-state index in [1.54, 1.807) is 48.7 Å². The minimum absolute atomic E-state index is 0.175. The van der Waals surface area contributed by atoms with E-state index in [1.165, 1.54) is 26.0 Å². The lowest BCUT2D eigenvalue weighted by Gasteiger charge is -2.17. The largest absolute Gasteiger partial charge is 0.496 e. The van der Waals surface area contributed by atoms with Crippen molar-refractivity contribution in [2.75, 3.05) is 24.9 Å². The maximum atomic E-state index is 13.2. The molecule has 0 fully saturated rings. The minimum Gasteiger partial charge on any atom is -0.496 e. The number of hydrogen-bond donors (Lipinski definition) is 2. The molecule has 0 radical (unpaired) electrons. The van der Waals surface area contributed by atoms with Gasteiger partial charge in [0.15, 0.2) is 0 Å². The fourth-order valence-corrected chi connectivity index (χ4v) is 4.58. The highest BCUT2D eigenvalue weighted by atomic mass is 32.2. The van der Waals surface area contributed by atoms with Gasteiger partial charge in [0.05, 0.1) is 14.2 Å². The van der Waals surface area contributed by atoms with Crippen molar-refractivity contribution in [1.29, 1.82) is 0 Å². The first-order valence-corrected chi connectivity index (χ1v) is 12.0. The summed E-state index contributed by atoms with van der Waals surface area (Å²) in [5.41, 5.74) is 1.79. The number of carbonyl (C=O) groups is 2. The fourth-order valence-electron chi connectivity index (χ4n) is 3.55. The van der Waals surface area contributed by atoms with Crippen molar-refractivity contribution in [3.05, 3.63) is 108 Å². The predicted octanol–water partition coefficient (Wildman–Crippen LogP) is 5.82. The molecule has 2 amide bonds. The van der Waals surface area contributed by atoms with Gasteiger partial charge in [-0.1, -0.05) is 42.5 Å². The highest BCUT2D eigenvalue weighted by Crippen LogP contribution is 2.37. The molecule has 0 bridgehead atoms. The van der Waals surface area contributed by atoms with Crippen LogP contribution in [0.25, 0.3) is 0 Å². The van der Waals surface area contributed by atoms with Gasteiger partial charge in [-0.15, -0.1) is 11.8 Å². The van der Waals surface area contributed by atoms with E-state index in [0.717, 1.165) is 10.5 Å². The van der Waals surface area contributed by atoms with E-state index in [1.807, 2.05) is 48.5 Å². The molecule has 0 saturated heterocycles. The Labute approximate surface area is 213 Å². The summed E-state index contributed by atoms with van der Waals surface area (Å²) < 4.78 is 10.7. The first-order valence-electron chi connectivity index (χ1n) is 11.1. The van der Waals surface area contributed by atoms with E-state index < -0.39 is 5.25 Å². The minimum atomic E-state index is -0.494. The van der Waals surface area contributed by atoms with E-state index in [-0.39, 0.29) is 11.8 Å². The normalized spacial score (nSPS) is 11.3. The van der Waals surface area contributed by atoms with E-state index in [4.69, 9.17) is 9.47 Å². The Kier molecular flexibility index (Phi) is 8.20. The molecular formula is C28H25N3O4S. The maximum absolute atomic E-state index is 13.2. The van der Waals surface area contributed by atoms with Gasteiger partial charge in [-0.05, 0) is 54.1 Å². The average molecular weight is 500 g/mol. The zero-order valence-electron chi connectivity index (χ0n) is 19.8. The topological polar surface area (TPSA) is 89.5 Å². The number of benzene rings is 3. The number of amides is 2. The Morgan fingerprint density at radius 1 is 0.778 bits per heavy atom. The smallest absolute Gasteiger partial charge is 0.263 e. The number of anilines is 2. The third-order valence-corrected chi connectivity index (χ3v) is 6.54. The van der Waals surface area contributed by atoms with Crippen LogP contribution in [0.1, 0.15) is 21.2 Å². The second kappa shape index (κ2) is 11.9. The summed E-state index contributed by atoms with van der Waals surface area (Å²) in [6.07, 6.45) is 1.63. The standard InChI is InChI=1S/C28H25N3O4S/c1-34-22-11-8-12-23(35-2)25(22)27(32)30-20-14-16-21(17-15-20)36-26(19-9-4-3-5-10-19)28(33)31-24-13-6-7-18-29-24/h3-18,26H,1-2H3,(H,30,32)(H,29,31,33). The highest BCUT2D eigenvalue weighted by molar-refractivity contribution is 8.00. The number of thioether (sulfide) groups is 1. The molecule has 3 aromatic carbocycles. The lowest BCUT2D eigenvalue weighted by atomic mass is 10.1. The Bertz CT molecular complexity index is 1290. The molecule has 4 aromatic rings. The Morgan fingerprint density at radius 2 is 1.44 bits per heavy atom. The van der Waals surface area contributed by atoms with Crippen LogP contribution in [0.2, 0.25) is 0 Å². The SMILES string of the molecule is COc1cccc(OC)c1C(=O)Nc1ccc(SC(C(=O)Nc2ccccn2)c2ccccc2)cc1. The first-order chi connectivity index (χ1) is 17.6. The molecule has 0 aliphatic rings. The Hall–Kier alpha value is -4.30. The van der Waals surface area contributed by atoms with Gasteiger partial charge in [-0.2, -0.15) is 0 Å². The average Bonchev–Trinajstić information content (AvgIpc) is 2.93. The van der Waals surface area contributed by atoms with Gasteiger partial charge in [0.2, 0.25) is 5.91 Å². The maximum Gasteiger partial charge on any atom is 0.263 e. The molecule has 1 atom stereocenters. The van der Waals surface area contributed by atoms with Crippen molar-refractivity contribution in [3.8, 4) is 11.5 Å². The summed E-state index contributed by atoms with van der Waals surface area (Å²) in [5.74, 6) is 0.813. The molecule has 1 unspecified atom stereocenters. The second-order valence-electron chi connectivity index (χ2n) is 7.63. The number of nitrogens with one attached hydrogen (secondary N) is 2. The molecule has 1 heterocycles. The monoisotopic (exact) mass is 499 g/mol. The summed E-state index contributed by atoms with van der Waals surface area (Å²) in [6.45, 7) is 0. The molecular weight excluding hydrogens is 474 g/mol. The van der Waals surface area contributed by atoms with Crippen LogP contribution in [0.4, 0.5) is 11.5 Å². The molecule has 36 heavy (non-hydrogen) atoms. The summed E-state index contributed by atoms with van der Waals surface area (Å²) >= 11 is 1.41. The van der Waals surface area contributed by atoms with Crippen LogP contribution >= 0.6 is 11.8 Å². The van der Waals surface area contributed by atoms with Crippen molar-refractivity contribution in [2.24, 2.45) is 0 Å². The van der Waals surface area contributed by atoms with E-state index >= 15 is 0 Å². The number of hydrogen-bond acceptors (Lipinski definition) is 6. The third-order valence-electron chi connectivity index (χ3n) is 5.28. The summed E-state index contributed by atoms with van der Waals surface area (Å²) in [4.78, 5) is 31.2. The molecule has 0 saturated carbocycles. The first kappa shape index (κ1) is 24.8. The number of aromatic nitrogens is 1. The van der Waals surface area contributed by atoms with E-state index in [9.17, 15) is 9.59 Å². The van der Waals surface area contributed by atoms with Crippen molar-refractivity contribution in [3.63, 3.8) is 0 Å². The lowest BCUT2D eigenvalue weighted by molar-refractivity contribution is -0.115. The summed E-state index contributed by atoms with van der Waals surface area (Å²) in [6, 6.07) is 27.4. The van der Waals surface area contributed by atoms with Gasteiger partial charge >= 0.3 is 0 Å². The van der Waals surface area contributed by atoms with Gasteiger partial charge < -0.3 is 20.1 Å². The van der Waals surface area contributed by atoms with Gasteiger partial charge in [0.1, 0.15) is 28.1 Å². The highest BCUT2D eigenvalue weighted by Gasteiger charge is 2.23. The number of carbonyl (C=O) groups excluding carboxylic acids is 2. The van der Waals surface area contributed by atoms with Crippen LogP contribution in [0, 0.1) is 0 Å². The van der Waals surface area contributed by atoms with Crippen molar-refractivity contribution in [1.82, 2.24) is 4.98 Å². The molecule has 0 spiro atoms. The van der Waals surface area contributed by atoms with Crippen LogP contribution in [-0.2, 0) is 4.79 Å². The van der Waals surface area contributed by atoms with Crippen LogP contribution in [-0.4, -0.2) is 31.0 Å².